The standard InChI is InChI=1S/C18H15ClN4O/c1-23-16-5-3-13(19)7-12(16)8-17(23)18(24)20-9-11-2-4-14-15(6-11)22-10-21-14/h2-8,10H,9H2,1H3,(H,20,24)(H,21,22). The summed E-state index contributed by atoms with van der Waals surface area (Å²) in [4.78, 5) is 19.8. The summed E-state index contributed by atoms with van der Waals surface area (Å²) in [5.41, 5.74) is 4.47. The SMILES string of the molecule is Cn1c(C(=O)NCc2ccc3nc[nH]c3c2)cc2cc(Cl)ccc21. The van der Waals surface area contributed by atoms with Gasteiger partial charge in [0.25, 0.3) is 5.91 Å². The number of aromatic amines is 1. The van der Waals surface area contributed by atoms with Crippen LogP contribution in [0.3, 0.4) is 0 Å². The number of H-pyrrole nitrogens is 1. The average Bonchev–Trinajstić information content (AvgIpc) is 3.16. The van der Waals surface area contributed by atoms with Gasteiger partial charge in [-0.3, -0.25) is 4.79 Å². The van der Waals surface area contributed by atoms with Gasteiger partial charge in [0.1, 0.15) is 5.69 Å². The number of aromatic nitrogens is 3. The van der Waals surface area contributed by atoms with E-state index < -0.39 is 0 Å². The van der Waals surface area contributed by atoms with Crippen molar-refractivity contribution >= 4 is 39.4 Å². The van der Waals surface area contributed by atoms with E-state index in [4.69, 9.17) is 11.6 Å². The van der Waals surface area contributed by atoms with Crippen molar-refractivity contribution in [1.29, 1.82) is 0 Å². The Morgan fingerprint density at radius 2 is 2.12 bits per heavy atom. The van der Waals surface area contributed by atoms with Crippen LogP contribution in [0.5, 0.6) is 0 Å². The highest BCUT2D eigenvalue weighted by atomic mass is 35.5. The fourth-order valence-electron chi connectivity index (χ4n) is 2.90. The predicted molar refractivity (Wildman–Crippen MR) is 95.2 cm³/mol. The van der Waals surface area contributed by atoms with Crippen molar-refractivity contribution in [1.82, 2.24) is 19.9 Å². The summed E-state index contributed by atoms with van der Waals surface area (Å²) in [5.74, 6) is -0.116. The van der Waals surface area contributed by atoms with Gasteiger partial charge < -0.3 is 14.9 Å². The molecule has 0 aliphatic carbocycles. The molecule has 0 saturated carbocycles. The number of aryl methyl sites for hydroxylation is 1. The lowest BCUT2D eigenvalue weighted by molar-refractivity contribution is 0.0943. The Hall–Kier alpha value is -2.79. The Kier molecular flexibility index (Phi) is 3.50. The predicted octanol–water partition coefficient (Wildman–Crippen LogP) is 3.64. The molecule has 2 N–H and O–H groups in total. The van der Waals surface area contributed by atoms with E-state index >= 15 is 0 Å². The first kappa shape index (κ1) is 14.8. The molecule has 2 aromatic heterocycles. The molecule has 0 bridgehead atoms. The van der Waals surface area contributed by atoms with Gasteiger partial charge in [-0.05, 0) is 42.0 Å². The lowest BCUT2D eigenvalue weighted by Crippen LogP contribution is -2.24. The normalized spacial score (nSPS) is 11.2. The Balaban J connectivity index is 1.56. The van der Waals surface area contributed by atoms with Gasteiger partial charge in [0.15, 0.2) is 0 Å². The molecular weight excluding hydrogens is 324 g/mol. The molecule has 4 aromatic rings. The smallest absolute Gasteiger partial charge is 0.268 e. The van der Waals surface area contributed by atoms with E-state index in [1.54, 1.807) is 6.33 Å². The minimum absolute atomic E-state index is 0.116. The second kappa shape index (κ2) is 5.69. The molecule has 0 aliphatic heterocycles. The van der Waals surface area contributed by atoms with Gasteiger partial charge in [-0.25, -0.2) is 4.98 Å². The van der Waals surface area contributed by atoms with E-state index in [-0.39, 0.29) is 5.91 Å². The molecule has 0 fully saturated rings. The molecule has 2 aromatic carbocycles. The number of amides is 1. The molecule has 6 heteroatoms. The van der Waals surface area contributed by atoms with E-state index in [2.05, 4.69) is 15.3 Å². The quantitative estimate of drug-likeness (QED) is 0.599. The monoisotopic (exact) mass is 338 g/mol. The summed E-state index contributed by atoms with van der Waals surface area (Å²) >= 11 is 6.02. The molecule has 0 radical (unpaired) electrons. The van der Waals surface area contributed by atoms with Crippen LogP contribution in [0.15, 0.2) is 48.8 Å². The molecule has 2 heterocycles. The van der Waals surface area contributed by atoms with Crippen LogP contribution < -0.4 is 5.32 Å². The molecule has 0 unspecified atom stereocenters. The minimum Gasteiger partial charge on any atom is -0.347 e. The number of fused-ring (bicyclic) bond motifs is 2. The second-order valence-electron chi connectivity index (χ2n) is 5.73. The van der Waals surface area contributed by atoms with Gasteiger partial charge in [-0.15, -0.1) is 0 Å². The van der Waals surface area contributed by atoms with Crippen LogP contribution >= 0.6 is 11.6 Å². The average molecular weight is 339 g/mol. The Morgan fingerprint density at radius 1 is 1.25 bits per heavy atom. The second-order valence-corrected chi connectivity index (χ2v) is 6.16. The van der Waals surface area contributed by atoms with E-state index in [0.29, 0.717) is 17.3 Å². The summed E-state index contributed by atoms with van der Waals surface area (Å²) in [7, 11) is 1.88. The number of carbonyl (C=O) groups excluding carboxylic acids is 1. The molecule has 0 saturated heterocycles. The number of hydrogen-bond acceptors (Lipinski definition) is 2. The highest BCUT2D eigenvalue weighted by Crippen LogP contribution is 2.22. The van der Waals surface area contributed by atoms with E-state index in [9.17, 15) is 4.79 Å². The number of hydrogen-bond donors (Lipinski definition) is 2. The molecule has 0 aliphatic rings. The summed E-state index contributed by atoms with van der Waals surface area (Å²) in [6.07, 6.45) is 1.66. The molecular formula is C18H15ClN4O. The molecule has 4 rings (SSSR count). The number of imidazole rings is 1. The molecule has 5 nitrogen and oxygen atoms in total. The number of benzene rings is 2. The van der Waals surface area contributed by atoms with Crippen LogP contribution in [0.1, 0.15) is 16.1 Å². The van der Waals surface area contributed by atoms with Crippen molar-refractivity contribution in [2.45, 2.75) is 6.54 Å². The van der Waals surface area contributed by atoms with Gasteiger partial charge >= 0.3 is 0 Å². The van der Waals surface area contributed by atoms with E-state index in [1.165, 1.54) is 0 Å². The van der Waals surface area contributed by atoms with Crippen molar-refractivity contribution in [2.24, 2.45) is 7.05 Å². The summed E-state index contributed by atoms with van der Waals surface area (Å²) in [6.45, 7) is 0.454. The lowest BCUT2D eigenvalue weighted by Gasteiger charge is -2.07. The molecule has 24 heavy (non-hydrogen) atoms. The largest absolute Gasteiger partial charge is 0.347 e. The Labute approximate surface area is 143 Å². The van der Waals surface area contributed by atoms with Crippen molar-refractivity contribution in [3.05, 3.63) is 65.1 Å². The van der Waals surface area contributed by atoms with Crippen LogP contribution in [0.4, 0.5) is 0 Å². The van der Waals surface area contributed by atoms with Crippen molar-refractivity contribution in [3.8, 4) is 0 Å². The third-order valence-corrected chi connectivity index (χ3v) is 4.41. The van der Waals surface area contributed by atoms with Crippen molar-refractivity contribution < 1.29 is 4.79 Å². The van der Waals surface area contributed by atoms with Crippen LogP contribution in [0.25, 0.3) is 21.9 Å². The molecule has 0 atom stereocenters. The first-order valence-electron chi connectivity index (χ1n) is 7.57. The van der Waals surface area contributed by atoms with Gasteiger partial charge in [-0.1, -0.05) is 17.7 Å². The number of nitrogens with one attached hydrogen (secondary N) is 2. The summed E-state index contributed by atoms with van der Waals surface area (Å²) in [6, 6.07) is 13.3. The third-order valence-electron chi connectivity index (χ3n) is 4.17. The molecule has 0 spiro atoms. The zero-order valence-electron chi connectivity index (χ0n) is 13.0. The fraction of sp³-hybridized carbons (Fsp3) is 0.111. The maximum Gasteiger partial charge on any atom is 0.268 e. The summed E-state index contributed by atoms with van der Waals surface area (Å²) < 4.78 is 1.87. The summed E-state index contributed by atoms with van der Waals surface area (Å²) in [5, 5.41) is 4.57. The van der Waals surface area contributed by atoms with Gasteiger partial charge in [0.05, 0.1) is 17.4 Å². The number of carbonyl (C=O) groups is 1. The van der Waals surface area contributed by atoms with Crippen molar-refractivity contribution in [2.75, 3.05) is 0 Å². The Morgan fingerprint density at radius 3 is 3.00 bits per heavy atom. The highest BCUT2D eigenvalue weighted by molar-refractivity contribution is 6.31. The van der Waals surface area contributed by atoms with E-state index in [1.807, 2.05) is 54.1 Å². The molecule has 1 amide bonds. The third kappa shape index (κ3) is 2.53. The van der Waals surface area contributed by atoms with Crippen LogP contribution in [0.2, 0.25) is 5.02 Å². The lowest BCUT2D eigenvalue weighted by atomic mass is 10.2. The zero-order valence-corrected chi connectivity index (χ0v) is 13.8. The van der Waals surface area contributed by atoms with Gasteiger partial charge in [-0.2, -0.15) is 0 Å². The number of rotatable bonds is 3. The van der Waals surface area contributed by atoms with Gasteiger partial charge in [0, 0.05) is 29.5 Å². The van der Waals surface area contributed by atoms with Crippen LogP contribution in [0, 0.1) is 0 Å². The van der Waals surface area contributed by atoms with Crippen molar-refractivity contribution in [3.63, 3.8) is 0 Å². The maximum atomic E-state index is 12.5. The first-order chi connectivity index (χ1) is 11.6. The van der Waals surface area contributed by atoms with Crippen LogP contribution in [-0.4, -0.2) is 20.4 Å². The number of nitrogens with zero attached hydrogens (tertiary/aromatic N) is 2. The Bertz CT molecular complexity index is 1060. The van der Waals surface area contributed by atoms with Crippen LogP contribution in [-0.2, 0) is 13.6 Å². The highest BCUT2D eigenvalue weighted by Gasteiger charge is 2.13. The maximum absolute atomic E-state index is 12.5. The molecule has 120 valence electrons. The fourth-order valence-corrected chi connectivity index (χ4v) is 3.08. The zero-order chi connectivity index (χ0) is 16.7. The number of halogens is 1. The first-order valence-corrected chi connectivity index (χ1v) is 7.95. The minimum atomic E-state index is -0.116. The van der Waals surface area contributed by atoms with Gasteiger partial charge in [0.2, 0.25) is 0 Å². The van der Waals surface area contributed by atoms with E-state index in [0.717, 1.165) is 27.5 Å². The topological polar surface area (TPSA) is 62.7 Å².